The van der Waals surface area contributed by atoms with Gasteiger partial charge in [0.25, 0.3) is 5.92 Å². The predicted octanol–water partition coefficient (Wildman–Crippen LogP) is 2.90. The second-order valence-electron chi connectivity index (χ2n) is 5.34. The summed E-state index contributed by atoms with van der Waals surface area (Å²) < 4.78 is 32.7. The van der Waals surface area contributed by atoms with E-state index in [0.717, 1.165) is 5.56 Å². The molecule has 1 aliphatic rings. The Morgan fingerprint density at radius 2 is 2.23 bits per heavy atom. The van der Waals surface area contributed by atoms with E-state index < -0.39 is 24.5 Å². The van der Waals surface area contributed by atoms with Gasteiger partial charge in [-0.25, -0.2) is 13.6 Å². The third kappa shape index (κ3) is 2.79. The summed E-state index contributed by atoms with van der Waals surface area (Å²) in [5, 5.41) is 12.9. The van der Waals surface area contributed by atoms with Crippen LogP contribution in [-0.2, 0) is 4.79 Å². The summed E-state index contributed by atoms with van der Waals surface area (Å²) in [6.45, 7) is 1.40. The molecule has 0 saturated heterocycles. The number of halogens is 2. The van der Waals surface area contributed by atoms with Crippen molar-refractivity contribution in [2.24, 2.45) is 0 Å². The van der Waals surface area contributed by atoms with Crippen molar-refractivity contribution >= 4 is 5.97 Å². The molecule has 1 unspecified atom stereocenters. The van der Waals surface area contributed by atoms with E-state index in [1.54, 1.807) is 24.3 Å². The number of rotatable bonds is 5. The Hall–Kier alpha value is -2.44. The molecule has 5 nitrogen and oxygen atoms in total. The molecular weight excluding hydrogens is 294 g/mol. The SMILES string of the molecule is Cc1ccc(OCC(=O)O)c(-c2ccn(C3CC3(F)F)n2)c1. The third-order valence-corrected chi connectivity index (χ3v) is 3.48. The molecule has 0 bridgehead atoms. The number of carbonyl (C=O) groups is 1. The number of nitrogens with zero attached hydrogens (tertiary/aromatic N) is 2. The molecule has 1 atom stereocenters. The molecule has 1 heterocycles. The Balaban J connectivity index is 1.90. The summed E-state index contributed by atoms with van der Waals surface area (Å²) in [7, 11) is 0. The first-order valence-electron chi connectivity index (χ1n) is 6.75. The molecular formula is C15H14F2N2O3. The molecule has 7 heteroatoms. The van der Waals surface area contributed by atoms with E-state index in [-0.39, 0.29) is 6.42 Å². The van der Waals surface area contributed by atoms with Gasteiger partial charge in [0.2, 0.25) is 0 Å². The standard InChI is InChI=1S/C15H14F2N2O3/c1-9-2-3-12(22-8-14(20)21)10(6-9)11-4-5-19(18-11)13-7-15(13,16)17/h2-6,13H,7-8H2,1H3,(H,20,21). The molecule has 0 spiro atoms. The first kappa shape index (κ1) is 14.5. The number of carboxylic acids is 1. The maximum atomic E-state index is 13.1. The molecule has 1 aromatic heterocycles. The van der Waals surface area contributed by atoms with E-state index in [1.807, 2.05) is 6.92 Å². The van der Waals surface area contributed by atoms with Crippen LogP contribution in [-0.4, -0.2) is 33.4 Å². The molecule has 2 aromatic rings. The highest BCUT2D eigenvalue weighted by atomic mass is 19.3. The average molecular weight is 308 g/mol. The van der Waals surface area contributed by atoms with Gasteiger partial charge in [-0.3, -0.25) is 4.68 Å². The molecule has 1 fully saturated rings. The number of alkyl halides is 2. The number of benzene rings is 1. The van der Waals surface area contributed by atoms with Crippen LogP contribution >= 0.6 is 0 Å². The fraction of sp³-hybridized carbons (Fsp3) is 0.333. The minimum atomic E-state index is -2.70. The number of ether oxygens (including phenoxy) is 1. The average Bonchev–Trinajstić information content (AvgIpc) is 2.88. The zero-order valence-corrected chi connectivity index (χ0v) is 11.8. The van der Waals surface area contributed by atoms with E-state index in [4.69, 9.17) is 9.84 Å². The van der Waals surface area contributed by atoms with Crippen LogP contribution in [0.15, 0.2) is 30.5 Å². The second kappa shape index (κ2) is 5.08. The largest absolute Gasteiger partial charge is 0.481 e. The minimum Gasteiger partial charge on any atom is -0.481 e. The smallest absolute Gasteiger partial charge is 0.341 e. The van der Waals surface area contributed by atoms with Gasteiger partial charge in [-0.2, -0.15) is 5.10 Å². The Bertz CT molecular complexity index is 727. The molecule has 1 aliphatic carbocycles. The van der Waals surface area contributed by atoms with Crippen molar-refractivity contribution in [1.29, 1.82) is 0 Å². The maximum absolute atomic E-state index is 13.1. The summed E-state index contributed by atoms with van der Waals surface area (Å²) >= 11 is 0. The van der Waals surface area contributed by atoms with Crippen LogP contribution < -0.4 is 4.74 Å². The Labute approximate surface area is 125 Å². The number of aryl methyl sites for hydroxylation is 1. The van der Waals surface area contributed by atoms with Crippen LogP contribution in [0.2, 0.25) is 0 Å². The van der Waals surface area contributed by atoms with Crippen LogP contribution in [0.4, 0.5) is 8.78 Å². The first-order chi connectivity index (χ1) is 10.4. The van der Waals surface area contributed by atoms with Crippen molar-refractivity contribution in [3.63, 3.8) is 0 Å². The number of aromatic nitrogens is 2. The molecule has 116 valence electrons. The van der Waals surface area contributed by atoms with Crippen LogP contribution in [0, 0.1) is 6.92 Å². The van der Waals surface area contributed by atoms with Crippen molar-refractivity contribution in [2.75, 3.05) is 6.61 Å². The van der Waals surface area contributed by atoms with Gasteiger partial charge in [-0.05, 0) is 25.1 Å². The zero-order chi connectivity index (χ0) is 15.9. The lowest BCUT2D eigenvalue weighted by atomic mass is 10.1. The number of aliphatic carboxylic acids is 1. The van der Waals surface area contributed by atoms with E-state index in [2.05, 4.69) is 5.10 Å². The van der Waals surface area contributed by atoms with Crippen molar-refractivity contribution in [2.45, 2.75) is 25.3 Å². The molecule has 0 aliphatic heterocycles. The Morgan fingerprint density at radius 3 is 2.86 bits per heavy atom. The quantitative estimate of drug-likeness (QED) is 0.922. The highest BCUT2D eigenvalue weighted by Gasteiger charge is 2.59. The molecule has 1 saturated carbocycles. The van der Waals surface area contributed by atoms with Gasteiger partial charge in [-0.1, -0.05) is 11.6 Å². The fourth-order valence-corrected chi connectivity index (χ4v) is 2.25. The summed E-state index contributed by atoms with van der Waals surface area (Å²) in [6.07, 6.45) is 1.30. The summed E-state index contributed by atoms with van der Waals surface area (Å²) in [4.78, 5) is 10.6. The summed E-state index contributed by atoms with van der Waals surface area (Å²) in [5.41, 5.74) is 2.00. The van der Waals surface area contributed by atoms with Crippen LogP contribution in [0.1, 0.15) is 18.0 Å². The summed E-state index contributed by atoms with van der Waals surface area (Å²) in [5.74, 6) is -3.42. The van der Waals surface area contributed by atoms with Crippen molar-refractivity contribution in [3.8, 4) is 17.0 Å². The van der Waals surface area contributed by atoms with Gasteiger partial charge < -0.3 is 9.84 Å². The lowest BCUT2D eigenvalue weighted by Crippen LogP contribution is -2.10. The van der Waals surface area contributed by atoms with E-state index in [9.17, 15) is 13.6 Å². The van der Waals surface area contributed by atoms with E-state index in [0.29, 0.717) is 17.0 Å². The van der Waals surface area contributed by atoms with Gasteiger partial charge in [0.05, 0.1) is 5.69 Å². The molecule has 1 aromatic carbocycles. The van der Waals surface area contributed by atoms with Gasteiger partial charge in [0.15, 0.2) is 6.61 Å². The molecule has 1 N–H and O–H groups in total. The van der Waals surface area contributed by atoms with Gasteiger partial charge in [0.1, 0.15) is 11.8 Å². The van der Waals surface area contributed by atoms with Crippen molar-refractivity contribution < 1.29 is 23.4 Å². The lowest BCUT2D eigenvalue weighted by molar-refractivity contribution is -0.139. The monoisotopic (exact) mass is 308 g/mol. The molecule has 0 radical (unpaired) electrons. The number of carboxylic acid groups (broad SMARTS) is 1. The van der Waals surface area contributed by atoms with Crippen LogP contribution in [0.5, 0.6) is 5.75 Å². The number of hydrogen-bond donors (Lipinski definition) is 1. The zero-order valence-electron chi connectivity index (χ0n) is 11.8. The van der Waals surface area contributed by atoms with Gasteiger partial charge in [-0.15, -0.1) is 0 Å². The molecule has 22 heavy (non-hydrogen) atoms. The maximum Gasteiger partial charge on any atom is 0.341 e. The highest BCUT2D eigenvalue weighted by molar-refractivity contribution is 5.71. The fourth-order valence-electron chi connectivity index (χ4n) is 2.25. The third-order valence-electron chi connectivity index (χ3n) is 3.48. The predicted molar refractivity (Wildman–Crippen MR) is 74.1 cm³/mol. The minimum absolute atomic E-state index is 0.204. The normalized spacial score (nSPS) is 19.0. The van der Waals surface area contributed by atoms with Gasteiger partial charge in [0, 0.05) is 18.2 Å². The van der Waals surface area contributed by atoms with E-state index in [1.165, 1.54) is 10.9 Å². The highest BCUT2D eigenvalue weighted by Crippen LogP contribution is 2.52. The van der Waals surface area contributed by atoms with Crippen LogP contribution in [0.3, 0.4) is 0 Å². The Kier molecular flexibility index (Phi) is 3.35. The van der Waals surface area contributed by atoms with Crippen LogP contribution in [0.25, 0.3) is 11.3 Å². The molecule has 3 rings (SSSR count). The topological polar surface area (TPSA) is 64.3 Å². The van der Waals surface area contributed by atoms with Crippen molar-refractivity contribution in [3.05, 3.63) is 36.0 Å². The second-order valence-corrected chi connectivity index (χ2v) is 5.34. The Morgan fingerprint density at radius 1 is 1.50 bits per heavy atom. The van der Waals surface area contributed by atoms with Gasteiger partial charge >= 0.3 is 5.97 Å². The lowest BCUT2D eigenvalue weighted by Gasteiger charge is -2.09. The van der Waals surface area contributed by atoms with Crippen molar-refractivity contribution in [1.82, 2.24) is 9.78 Å². The number of hydrogen-bond acceptors (Lipinski definition) is 3. The first-order valence-corrected chi connectivity index (χ1v) is 6.75. The summed E-state index contributed by atoms with van der Waals surface area (Å²) in [6, 6.07) is 5.95. The van der Waals surface area contributed by atoms with E-state index >= 15 is 0 Å². The molecule has 0 amide bonds.